The number of rotatable bonds is 6. The predicted octanol–water partition coefficient (Wildman–Crippen LogP) is 4.37. The Bertz CT molecular complexity index is 1460. The first-order valence-electron chi connectivity index (χ1n) is 12.3. The summed E-state index contributed by atoms with van der Waals surface area (Å²) in [6.07, 6.45) is 2.77. The average Bonchev–Trinajstić information content (AvgIpc) is 3.49. The number of nitrogens with one attached hydrogen (secondary N) is 1. The molecule has 1 saturated heterocycles. The smallest absolute Gasteiger partial charge is 0.323 e. The van der Waals surface area contributed by atoms with Gasteiger partial charge in [0.15, 0.2) is 5.78 Å². The Balaban J connectivity index is 1.31. The van der Waals surface area contributed by atoms with Crippen LogP contribution in [-0.2, 0) is 11.2 Å². The van der Waals surface area contributed by atoms with Gasteiger partial charge in [-0.2, -0.15) is 0 Å². The highest BCUT2D eigenvalue weighted by molar-refractivity contribution is 6.05. The number of para-hydroxylation sites is 1. The molecule has 1 fully saturated rings. The molecule has 8 nitrogen and oxygen atoms in total. The largest absolute Gasteiger partial charge is 0.351 e. The standard InChI is InChI=1S/C29H29N5O3/c30-21-16-26(27(35)15-14-20-10-4-5-11-22(20)19-8-2-1-3-9-19)34(17-21)29(37)32-24-18-33(28(31)36)25-13-7-6-12-23(24)25/h1-13,18,21,26H,14-17,30H2,(H2,31,36)(H,32,37)/t21-,26-/m0/s1. The Hall–Kier alpha value is -4.43. The number of urea groups is 1. The van der Waals surface area contributed by atoms with Crippen LogP contribution in [0.4, 0.5) is 15.3 Å². The van der Waals surface area contributed by atoms with E-state index in [1.54, 1.807) is 18.2 Å². The van der Waals surface area contributed by atoms with Gasteiger partial charge >= 0.3 is 12.1 Å². The zero-order chi connectivity index (χ0) is 25.9. The number of primary amides is 1. The van der Waals surface area contributed by atoms with Crippen molar-refractivity contribution in [2.24, 2.45) is 11.5 Å². The number of aryl methyl sites for hydroxylation is 1. The Kier molecular flexibility index (Phi) is 6.74. The van der Waals surface area contributed by atoms with Crippen LogP contribution in [0.2, 0.25) is 0 Å². The van der Waals surface area contributed by atoms with E-state index in [1.165, 1.54) is 15.7 Å². The molecule has 0 saturated carbocycles. The van der Waals surface area contributed by atoms with Crippen LogP contribution in [0.5, 0.6) is 0 Å². The Morgan fingerprint density at radius 2 is 1.62 bits per heavy atom. The van der Waals surface area contributed by atoms with Gasteiger partial charge in [0.05, 0.1) is 17.2 Å². The minimum Gasteiger partial charge on any atom is -0.351 e. The minimum absolute atomic E-state index is 0.0227. The van der Waals surface area contributed by atoms with E-state index in [9.17, 15) is 14.4 Å². The quantitative estimate of drug-likeness (QED) is 0.367. The summed E-state index contributed by atoms with van der Waals surface area (Å²) in [6, 6.07) is 23.3. The summed E-state index contributed by atoms with van der Waals surface area (Å²) in [5, 5.41) is 3.54. The van der Waals surface area contributed by atoms with E-state index in [4.69, 9.17) is 11.5 Å². The molecule has 188 valence electrons. The Morgan fingerprint density at radius 1 is 0.919 bits per heavy atom. The number of carbonyl (C=O) groups is 3. The number of nitrogens with two attached hydrogens (primary N) is 2. The van der Waals surface area contributed by atoms with Crippen molar-refractivity contribution in [3.63, 3.8) is 0 Å². The topological polar surface area (TPSA) is 123 Å². The lowest BCUT2D eigenvalue weighted by Gasteiger charge is -2.24. The fourth-order valence-corrected chi connectivity index (χ4v) is 5.11. The van der Waals surface area contributed by atoms with Gasteiger partial charge in [0, 0.05) is 30.6 Å². The minimum atomic E-state index is -0.649. The molecular weight excluding hydrogens is 466 g/mol. The zero-order valence-electron chi connectivity index (χ0n) is 20.3. The first-order valence-corrected chi connectivity index (χ1v) is 12.3. The summed E-state index contributed by atoms with van der Waals surface area (Å²) in [6.45, 7) is 0.275. The number of likely N-dealkylation sites (tertiary alicyclic amines) is 1. The molecule has 0 bridgehead atoms. The van der Waals surface area contributed by atoms with Crippen LogP contribution in [0, 0.1) is 0 Å². The van der Waals surface area contributed by atoms with Crippen LogP contribution in [0.3, 0.4) is 0 Å². The summed E-state index contributed by atoms with van der Waals surface area (Å²) in [4.78, 5) is 40.0. The molecule has 5 N–H and O–H groups in total. The molecule has 3 amide bonds. The number of ketones is 1. The van der Waals surface area contributed by atoms with Gasteiger partial charge in [0.2, 0.25) is 0 Å². The molecular formula is C29H29N5O3. The van der Waals surface area contributed by atoms with Crippen molar-refractivity contribution in [1.82, 2.24) is 9.47 Å². The number of hydrogen-bond donors (Lipinski definition) is 3. The molecule has 8 heteroatoms. The molecule has 4 aromatic rings. The van der Waals surface area contributed by atoms with Gasteiger partial charge in [-0.25, -0.2) is 9.59 Å². The summed E-state index contributed by atoms with van der Waals surface area (Å²) in [5.41, 5.74) is 16.0. The van der Waals surface area contributed by atoms with Gasteiger partial charge < -0.3 is 21.7 Å². The Morgan fingerprint density at radius 3 is 2.41 bits per heavy atom. The number of fused-ring (bicyclic) bond motifs is 1. The lowest BCUT2D eigenvalue weighted by Crippen LogP contribution is -2.43. The highest BCUT2D eigenvalue weighted by Gasteiger charge is 2.38. The van der Waals surface area contributed by atoms with E-state index >= 15 is 0 Å². The summed E-state index contributed by atoms with van der Waals surface area (Å²) < 4.78 is 1.29. The summed E-state index contributed by atoms with van der Waals surface area (Å²) in [7, 11) is 0. The maximum Gasteiger partial charge on any atom is 0.323 e. The number of carbonyl (C=O) groups excluding carboxylic acids is 3. The van der Waals surface area contributed by atoms with Crippen LogP contribution >= 0.6 is 0 Å². The van der Waals surface area contributed by atoms with Crippen LogP contribution in [0.15, 0.2) is 85.1 Å². The van der Waals surface area contributed by atoms with Crippen molar-refractivity contribution in [3.05, 3.63) is 90.6 Å². The van der Waals surface area contributed by atoms with Gasteiger partial charge in [-0.3, -0.25) is 9.36 Å². The molecule has 3 aromatic carbocycles. The zero-order valence-corrected chi connectivity index (χ0v) is 20.3. The number of anilines is 1. The molecule has 5 rings (SSSR count). The highest BCUT2D eigenvalue weighted by Crippen LogP contribution is 2.28. The van der Waals surface area contributed by atoms with Gasteiger partial charge in [0.25, 0.3) is 0 Å². The predicted molar refractivity (Wildman–Crippen MR) is 144 cm³/mol. The van der Waals surface area contributed by atoms with Gasteiger partial charge in [-0.1, -0.05) is 72.8 Å². The first-order chi connectivity index (χ1) is 17.9. The van der Waals surface area contributed by atoms with Crippen molar-refractivity contribution in [3.8, 4) is 11.1 Å². The fraction of sp³-hybridized carbons (Fsp3) is 0.207. The third-order valence-corrected chi connectivity index (χ3v) is 6.90. The number of Topliss-reactive ketones (excluding diaryl/α,β-unsaturated/α-hetero) is 1. The van der Waals surface area contributed by atoms with E-state index < -0.39 is 18.1 Å². The molecule has 2 atom stereocenters. The van der Waals surface area contributed by atoms with Crippen LogP contribution in [0.25, 0.3) is 22.0 Å². The molecule has 1 aliphatic rings. The maximum atomic E-state index is 13.3. The molecule has 0 spiro atoms. The van der Waals surface area contributed by atoms with Crippen molar-refractivity contribution >= 4 is 34.4 Å². The van der Waals surface area contributed by atoms with Gasteiger partial charge in [-0.05, 0) is 35.6 Å². The molecule has 1 aliphatic heterocycles. The number of nitrogens with zero attached hydrogens (tertiary/aromatic N) is 2. The van der Waals surface area contributed by atoms with Gasteiger partial charge in [-0.15, -0.1) is 0 Å². The van der Waals surface area contributed by atoms with Crippen LogP contribution < -0.4 is 16.8 Å². The lowest BCUT2D eigenvalue weighted by molar-refractivity contribution is -0.122. The third kappa shape index (κ3) is 4.96. The van der Waals surface area contributed by atoms with Crippen LogP contribution in [-0.4, -0.2) is 45.9 Å². The summed E-state index contributed by atoms with van der Waals surface area (Å²) in [5.74, 6) is -0.0227. The van der Waals surface area contributed by atoms with Crippen molar-refractivity contribution in [2.45, 2.75) is 31.3 Å². The molecule has 0 aliphatic carbocycles. The fourth-order valence-electron chi connectivity index (χ4n) is 5.11. The van der Waals surface area contributed by atoms with Gasteiger partial charge in [0.1, 0.15) is 0 Å². The van der Waals surface area contributed by atoms with E-state index in [0.717, 1.165) is 16.7 Å². The second kappa shape index (κ2) is 10.3. The molecule has 1 aromatic heterocycles. The lowest BCUT2D eigenvalue weighted by atomic mass is 9.94. The van der Waals surface area contributed by atoms with E-state index in [-0.39, 0.29) is 18.4 Å². The molecule has 0 radical (unpaired) electrons. The van der Waals surface area contributed by atoms with Crippen LogP contribution in [0.1, 0.15) is 18.4 Å². The SMILES string of the molecule is NC(=O)n1cc(NC(=O)N2C[C@@H](N)C[C@H]2C(=O)CCc2ccccc2-c2ccccc2)c2ccccc21. The molecule has 0 unspecified atom stereocenters. The number of aromatic nitrogens is 1. The van der Waals surface area contributed by atoms with E-state index in [1.807, 2.05) is 42.5 Å². The monoisotopic (exact) mass is 495 g/mol. The molecule has 2 heterocycles. The van der Waals surface area contributed by atoms with E-state index in [0.29, 0.717) is 35.9 Å². The van der Waals surface area contributed by atoms with Crippen molar-refractivity contribution in [2.75, 3.05) is 11.9 Å². The average molecular weight is 496 g/mol. The highest BCUT2D eigenvalue weighted by atomic mass is 16.2. The third-order valence-electron chi connectivity index (χ3n) is 6.90. The van der Waals surface area contributed by atoms with E-state index in [2.05, 4.69) is 23.5 Å². The number of amides is 3. The summed E-state index contributed by atoms with van der Waals surface area (Å²) >= 11 is 0. The number of benzene rings is 3. The number of hydrogen-bond acceptors (Lipinski definition) is 4. The normalized spacial score (nSPS) is 17.2. The second-order valence-corrected chi connectivity index (χ2v) is 9.35. The first kappa shape index (κ1) is 24.3. The van der Waals surface area contributed by atoms with Crippen molar-refractivity contribution < 1.29 is 14.4 Å². The molecule has 37 heavy (non-hydrogen) atoms. The van der Waals surface area contributed by atoms with Crippen molar-refractivity contribution in [1.29, 1.82) is 0 Å². The second-order valence-electron chi connectivity index (χ2n) is 9.35. The maximum absolute atomic E-state index is 13.3. The Labute approximate surface area is 214 Å².